The molecule has 172 valence electrons. The molecule has 0 radical (unpaired) electrons. The van der Waals surface area contributed by atoms with Gasteiger partial charge in [-0.05, 0) is 61.9 Å². The van der Waals surface area contributed by atoms with Gasteiger partial charge in [0.25, 0.3) is 0 Å². The van der Waals surface area contributed by atoms with E-state index in [0.29, 0.717) is 11.4 Å². The number of carbonyl (C=O) groups is 1. The maximum atomic E-state index is 12.4. The molecule has 2 N–H and O–H groups in total. The highest BCUT2D eigenvalue weighted by Crippen LogP contribution is 2.35. The van der Waals surface area contributed by atoms with E-state index in [-0.39, 0.29) is 17.3 Å². The van der Waals surface area contributed by atoms with Crippen LogP contribution in [0, 0.1) is 6.92 Å². The molecule has 0 saturated carbocycles. The van der Waals surface area contributed by atoms with Crippen LogP contribution in [-0.4, -0.2) is 30.5 Å². The molecule has 3 aromatic rings. The molecule has 33 heavy (non-hydrogen) atoms. The van der Waals surface area contributed by atoms with E-state index in [1.807, 2.05) is 25.1 Å². The Morgan fingerprint density at radius 3 is 2.45 bits per heavy atom. The molecule has 1 fully saturated rings. The van der Waals surface area contributed by atoms with Crippen molar-refractivity contribution < 1.29 is 27.4 Å². The minimum atomic E-state index is -4.78. The van der Waals surface area contributed by atoms with Gasteiger partial charge in [-0.1, -0.05) is 6.07 Å². The van der Waals surface area contributed by atoms with Crippen LogP contribution in [0.15, 0.2) is 60.8 Å². The van der Waals surface area contributed by atoms with Gasteiger partial charge < -0.3 is 25.0 Å². The number of benzene rings is 2. The SMILES string of the molecule is Cc1c(Oc2ncccc2NC(=O)Nc2ccc(OC(F)(F)F)cc2)cccc1N1CCC1. The van der Waals surface area contributed by atoms with Crippen LogP contribution in [0.25, 0.3) is 0 Å². The highest BCUT2D eigenvalue weighted by Gasteiger charge is 2.31. The van der Waals surface area contributed by atoms with Crippen molar-refractivity contribution in [1.29, 1.82) is 0 Å². The molecule has 0 atom stereocenters. The second-order valence-electron chi connectivity index (χ2n) is 7.35. The Morgan fingerprint density at radius 1 is 1.03 bits per heavy atom. The van der Waals surface area contributed by atoms with Crippen molar-refractivity contribution in [2.45, 2.75) is 19.7 Å². The summed E-state index contributed by atoms with van der Waals surface area (Å²) in [5, 5.41) is 5.20. The predicted octanol–water partition coefficient (Wildman–Crippen LogP) is 5.94. The summed E-state index contributed by atoms with van der Waals surface area (Å²) < 4.78 is 46.6. The van der Waals surface area contributed by atoms with Gasteiger partial charge in [0.15, 0.2) is 0 Å². The molecule has 0 bridgehead atoms. The number of nitrogens with one attached hydrogen (secondary N) is 2. The summed E-state index contributed by atoms with van der Waals surface area (Å²) in [5.41, 5.74) is 2.69. The van der Waals surface area contributed by atoms with Gasteiger partial charge in [0.1, 0.15) is 17.2 Å². The van der Waals surface area contributed by atoms with Crippen molar-refractivity contribution in [3.8, 4) is 17.4 Å². The van der Waals surface area contributed by atoms with E-state index in [4.69, 9.17) is 4.74 Å². The summed E-state index contributed by atoms with van der Waals surface area (Å²) in [4.78, 5) is 18.9. The number of hydrogen-bond acceptors (Lipinski definition) is 5. The summed E-state index contributed by atoms with van der Waals surface area (Å²) in [6, 6.07) is 13.3. The lowest BCUT2D eigenvalue weighted by atomic mass is 10.1. The van der Waals surface area contributed by atoms with Gasteiger partial charge >= 0.3 is 12.4 Å². The van der Waals surface area contributed by atoms with E-state index in [1.54, 1.807) is 18.3 Å². The van der Waals surface area contributed by atoms with E-state index in [0.717, 1.165) is 42.9 Å². The fourth-order valence-electron chi connectivity index (χ4n) is 3.31. The molecule has 0 unspecified atom stereocenters. The van der Waals surface area contributed by atoms with Crippen LogP contribution in [0.1, 0.15) is 12.0 Å². The van der Waals surface area contributed by atoms with Crippen LogP contribution in [0.2, 0.25) is 0 Å². The van der Waals surface area contributed by atoms with Crippen molar-refractivity contribution in [1.82, 2.24) is 4.98 Å². The number of rotatable bonds is 6. The lowest BCUT2D eigenvalue weighted by Crippen LogP contribution is -2.37. The molecule has 1 aromatic heterocycles. The third-order valence-corrected chi connectivity index (χ3v) is 5.02. The Bertz CT molecular complexity index is 1130. The molecule has 1 saturated heterocycles. The first-order chi connectivity index (χ1) is 15.8. The summed E-state index contributed by atoms with van der Waals surface area (Å²) in [6.07, 6.45) is -2.07. The van der Waals surface area contributed by atoms with E-state index >= 15 is 0 Å². The number of ether oxygens (including phenoxy) is 2. The Balaban J connectivity index is 1.43. The van der Waals surface area contributed by atoms with Gasteiger partial charge in [-0.15, -0.1) is 13.2 Å². The average molecular weight is 458 g/mol. The largest absolute Gasteiger partial charge is 0.573 e. The summed E-state index contributed by atoms with van der Waals surface area (Å²) in [6.45, 7) is 3.98. The molecule has 2 aromatic carbocycles. The van der Waals surface area contributed by atoms with Crippen LogP contribution in [0.4, 0.5) is 35.0 Å². The summed E-state index contributed by atoms with van der Waals surface area (Å²) >= 11 is 0. The molecule has 10 heteroatoms. The number of halogens is 3. The normalized spacial score (nSPS) is 13.2. The summed E-state index contributed by atoms with van der Waals surface area (Å²) in [7, 11) is 0. The first-order valence-electron chi connectivity index (χ1n) is 10.2. The van der Waals surface area contributed by atoms with Crippen molar-refractivity contribution in [3.63, 3.8) is 0 Å². The zero-order chi connectivity index (χ0) is 23.4. The van der Waals surface area contributed by atoms with Crippen LogP contribution >= 0.6 is 0 Å². The van der Waals surface area contributed by atoms with Crippen LogP contribution in [0.3, 0.4) is 0 Å². The third-order valence-electron chi connectivity index (χ3n) is 5.02. The molecule has 1 aliphatic heterocycles. The topological polar surface area (TPSA) is 75.7 Å². The van der Waals surface area contributed by atoms with E-state index < -0.39 is 12.4 Å². The lowest BCUT2D eigenvalue weighted by Gasteiger charge is -2.34. The standard InChI is InChI=1S/C23H21F3N4O3/c1-15-19(30-13-4-14-30)6-2-7-20(15)32-21-18(5-3-12-27-21)29-22(31)28-16-8-10-17(11-9-16)33-23(24,25)26/h2-3,5-12H,4,13-14H2,1H3,(H2,28,29,31). The molecule has 7 nitrogen and oxygen atoms in total. The van der Waals surface area contributed by atoms with Crippen molar-refractivity contribution >= 4 is 23.1 Å². The van der Waals surface area contributed by atoms with Gasteiger partial charge in [-0.25, -0.2) is 9.78 Å². The molecule has 1 aliphatic rings. The lowest BCUT2D eigenvalue weighted by molar-refractivity contribution is -0.274. The molecule has 0 aliphatic carbocycles. The number of alkyl halides is 3. The van der Waals surface area contributed by atoms with Gasteiger partial charge in [0, 0.05) is 36.2 Å². The number of aromatic nitrogens is 1. The maximum absolute atomic E-state index is 12.4. The van der Waals surface area contributed by atoms with Gasteiger partial charge in [0.2, 0.25) is 5.88 Å². The first-order valence-corrected chi connectivity index (χ1v) is 10.2. The maximum Gasteiger partial charge on any atom is 0.573 e. The van der Waals surface area contributed by atoms with E-state index in [2.05, 4.69) is 25.3 Å². The zero-order valence-electron chi connectivity index (χ0n) is 17.6. The van der Waals surface area contributed by atoms with Gasteiger partial charge in [-0.2, -0.15) is 0 Å². The Morgan fingerprint density at radius 2 is 1.79 bits per heavy atom. The Hall–Kier alpha value is -3.95. The fraction of sp³-hybridized carbons (Fsp3) is 0.217. The second-order valence-corrected chi connectivity index (χ2v) is 7.35. The quantitative estimate of drug-likeness (QED) is 0.479. The average Bonchev–Trinajstić information content (AvgIpc) is 2.71. The molecular formula is C23H21F3N4O3. The highest BCUT2D eigenvalue weighted by atomic mass is 19.4. The number of nitrogens with zero attached hydrogens (tertiary/aromatic N) is 2. The zero-order valence-corrected chi connectivity index (χ0v) is 17.6. The van der Waals surface area contributed by atoms with E-state index in [9.17, 15) is 18.0 Å². The minimum absolute atomic E-state index is 0.213. The molecular weight excluding hydrogens is 437 g/mol. The van der Waals surface area contributed by atoms with E-state index in [1.165, 1.54) is 12.1 Å². The van der Waals surface area contributed by atoms with Crippen molar-refractivity contribution in [2.75, 3.05) is 28.6 Å². The minimum Gasteiger partial charge on any atom is -0.437 e. The van der Waals surface area contributed by atoms with Gasteiger partial charge in [0.05, 0.1) is 0 Å². The highest BCUT2D eigenvalue weighted by molar-refractivity contribution is 6.00. The van der Waals surface area contributed by atoms with Crippen molar-refractivity contribution in [3.05, 3.63) is 66.4 Å². The predicted molar refractivity (Wildman–Crippen MR) is 118 cm³/mol. The molecule has 0 spiro atoms. The molecule has 4 rings (SSSR count). The number of hydrogen-bond donors (Lipinski definition) is 2. The number of amides is 2. The van der Waals surface area contributed by atoms with Crippen LogP contribution in [-0.2, 0) is 0 Å². The number of anilines is 3. The molecule has 2 heterocycles. The Labute approximate surface area is 188 Å². The fourth-order valence-corrected chi connectivity index (χ4v) is 3.31. The monoisotopic (exact) mass is 458 g/mol. The first kappa shape index (κ1) is 22.3. The van der Waals surface area contributed by atoms with Crippen molar-refractivity contribution in [2.24, 2.45) is 0 Å². The molecule has 2 amide bonds. The second kappa shape index (κ2) is 9.27. The van der Waals surface area contributed by atoms with Gasteiger partial charge in [-0.3, -0.25) is 0 Å². The number of urea groups is 1. The smallest absolute Gasteiger partial charge is 0.437 e. The Kier molecular flexibility index (Phi) is 6.25. The summed E-state index contributed by atoms with van der Waals surface area (Å²) in [5.74, 6) is 0.458. The number of carbonyl (C=O) groups excluding carboxylic acids is 1. The number of pyridine rings is 1. The van der Waals surface area contributed by atoms with Crippen LogP contribution < -0.4 is 25.0 Å². The van der Waals surface area contributed by atoms with Crippen LogP contribution in [0.5, 0.6) is 17.4 Å². The third kappa shape index (κ3) is 5.65.